The van der Waals surface area contributed by atoms with Gasteiger partial charge in [-0.2, -0.15) is 4.98 Å². The van der Waals surface area contributed by atoms with Gasteiger partial charge in [0.1, 0.15) is 61.3 Å². The molecule has 2 heterocycles. The number of carbonyl (C=O) groups excluding carboxylic acids is 1. The van der Waals surface area contributed by atoms with Gasteiger partial charge >= 0.3 is 11.7 Å². The molecule has 2 N–H and O–H groups in total. The molecule has 0 spiro atoms. The first-order chi connectivity index (χ1) is 30.1. The first-order valence-electron chi connectivity index (χ1n) is 21.1. The van der Waals surface area contributed by atoms with Gasteiger partial charge in [-0.3, -0.25) is 14.0 Å². The number of ether oxygens (including phenoxy) is 7. The van der Waals surface area contributed by atoms with Gasteiger partial charge in [0, 0.05) is 37.4 Å². The van der Waals surface area contributed by atoms with E-state index in [1.807, 2.05) is 107 Å². The summed E-state index contributed by atoms with van der Waals surface area (Å²) in [7, 11) is 3.05. The summed E-state index contributed by atoms with van der Waals surface area (Å²) in [6.07, 6.45) is 3.58. The van der Waals surface area contributed by atoms with Crippen molar-refractivity contribution < 1.29 is 42.5 Å². The van der Waals surface area contributed by atoms with Gasteiger partial charge in [0.2, 0.25) is 0 Å². The van der Waals surface area contributed by atoms with Crippen molar-refractivity contribution in [2.75, 3.05) is 53.0 Å². The highest BCUT2D eigenvalue weighted by molar-refractivity contribution is 7.51. The Morgan fingerprint density at radius 3 is 2.00 bits per heavy atom. The third kappa shape index (κ3) is 11.8. The van der Waals surface area contributed by atoms with E-state index in [2.05, 4.69) is 15.6 Å². The highest BCUT2D eigenvalue weighted by atomic mass is 31.2. The van der Waals surface area contributed by atoms with E-state index < -0.39 is 55.7 Å². The van der Waals surface area contributed by atoms with Crippen LogP contribution in [0.25, 0.3) is 0 Å². The number of terminal acetylenes is 1. The van der Waals surface area contributed by atoms with E-state index in [0.29, 0.717) is 17.1 Å². The molecule has 0 radical (unpaired) electrons. The number of aryl methyl sites for hydroxylation is 1. The van der Waals surface area contributed by atoms with Crippen molar-refractivity contribution >= 4 is 20.1 Å². The first-order valence-corrected chi connectivity index (χ1v) is 22.5. The summed E-state index contributed by atoms with van der Waals surface area (Å²) in [4.78, 5) is 31.7. The van der Waals surface area contributed by atoms with Gasteiger partial charge < -0.3 is 43.4 Å². The zero-order valence-corrected chi connectivity index (χ0v) is 39.0. The molecule has 0 saturated carbocycles. The molecular formula is C48H63N4O10P. The van der Waals surface area contributed by atoms with Crippen LogP contribution in [-0.2, 0) is 38.6 Å². The molecule has 15 heteroatoms. The van der Waals surface area contributed by atoms with Crippen LogP contribution in [0.4, 0.5) is 5.82 Å². The molecular weight excluding hydrogens is 824 g/mol. The largest absolute Gasteiger partial charge is 0.497 e. The number of nitrogen functional groups attached to an aromatic ring is 1. The van der Waals surface area contributed by atoms with Crippen LogP contribution in [0.5, 0.6) is 11.5 Å². The van der Waals surface area contributed by atoms with Crippen molar-refractivity contribution in [3.05, 3.63) is 118 Å². The standard InChI is InChI=1S/C48H63N4O10P/c1-12-26-47(7,8)61-41(53)31-63(52(32(2)3)33(4)5)62-42-40(60-45(43(42)58-28-27-55-9)51-29-34(6)44(49)50-46(51)54)30-59-48(35-16-14-13-15-17-35,36-18-22-38(56-10)23-19-36)37-20-24-39(57-11)25-21-37/h1,13-25,29,32-33,40,42-43,45H,26-28,30-31H2,2-11H3,(H2,49,50,54)/t40-,42?,43+,45-,63?/m1/s1. The number of hydrogen-bond donors (Lipinski definition) is 1. The molecule has 3 aromatic carbocycles. The van der Waals surface area contributed by atoms with Gasteiger partial charge in [-0.15, -0.1) is 12.3 Å². The van der Waals surface area contributed by atoms with Crippen molar-refractivity contribution in [1.29, 1.82) is 0 Å². The molecule has 0 amide bonds. The van der Waals surface area contributed by atoms with Gasteiger partial charge in [-0.05, 0) is 89.4 Å². The van der Waals surface area contributed by atoms with E-state index in [0.717, 1.165) is 16.7 Å². The summed E-state index contributed by atoms with van der Waals surface area (Å²) >= 11 is 0. The lowest BCUT2D eigenvalue weighted by molar-refractivity contribution is -0.152. The van der Waals surface area contributed by atoms with Crippen LogP contribution in [0, 0.1) is 19.3 Å². The molecule has 1 fully saturated rings. The molecule has 4 aromatic rings. The maximum absolute atomic E-state index is 13.9. The molecule has 0 aliphatic carbocycles. The van der Waals surface area contributed by atoms with E-state index in [9.17, 15) is 9.59 Å². The van der Waals surface area contributed by atoms with Crippen molar-refractivity contribution in [1.82, 2.24) is 14.2 Å². The molecule has 340 valence electrons. The number of esters is 1. The quantitative estimate of drug-likeness (QED) is 0.0277. The van der Waals surface area contributed by atoms with E-state index in [4.69, 9.17) is 49.8 Å². The molecule has 0 bridgehead atoms. The van der Waals surface area contributed by atoms with E-state index in [1.54, 1.807) is 48.3 Å². The highest BCUT2D eigenvalue weighted by Gasteiger charge is 2.51. The predicted molar refractivity (Wildman–Crippen MR) is 244 cm³/mol. The Hall–Kier alpha value is -4.84. The average molecular weight is 887 g/mol. The van der Waals surface area contributed by atoms with E-state index >= 15 is 0 Å². The lowest BCUT2D eigenvalue weighted by Crippen LogP contribution is -2.44. The zero-order valence-electron chi connectivity index (χ0n) is 38.1. The molecule has 63 heavy (non-hydrogen) atoms. The SMILES string of the molecule is C#CCC(C)(C)OC(=O)CP(OC1[C@@H](COC(c2ccccc2)(c2ccc(OC)cc2)c2ccc(OC)cc2)O[C@@H](n2cc(C)c(N)nc2=O)[C@H]1OCCOC)N(C(C)C)C(C)C. The number of anilines is 1. The Bertz CT molecular complexity index is 2120. The average Bonchev–Trinajstić information content (AvgIpc) is 3.58. The van der Waals surface area contributed by atoms with Crippen molar-refractivity contribution in [2.24, 2.45) is 0 Å². The number of methoxy groups -OCH3 is 3. The summed E-state index contributed by atoms with van der Waals surface area (Å²) in [5.41, 5.74) is 6.36. The van der Waals surface area contributed by atoms with Crippen molar-refractivity contribution in [3.8, 4) is 23.8 Å². The molecule has 5 rings (SSSR count). The molecule has 2 unspecified atom stereocenters. The number of hydrogen-bond acceptors (Lipinski definition) is 13. The highest BCUT2D eigenvalue weighted by Crippen LogP contribution is 2.51. The second kappa shape index (κ2) is 22.2. The fourth-order valence-electron chi connectivity index (χ4n) is 7.84. The fourth-order valence-corrected chi connectivity index (χ4v) is 10.0. The fraction of sp³-hybridized carbons (Fsp3) is 0.479. The third-order valence-corrected chi connectivity index (χ3v) is 13.2. The normalized spacial score (nSPS) is 18.4. The van der Waals surface area contributed by atoms with Gasteiger partial charge in [0.25, 0.3) is 0 Å². The van der Waals surface area contributed by atoms with Crippen LogP contribution in [-0.4, -0.2) is 103 Å². The van der Waals surface area contributed by atoms with Crippen LogP contribution < -0.4 is 20.9 Å². The number of nitrogens with two attached hydrogens (primary N) is 1. The summed E-state index contributed by atoms with van der Waals surface area (Å²) in [5, 5.41) is 0. The summed E-state index contributed by atoms with van der Waals surface area (Å²) in [6.45, 7) is 13.8. The minimum atomic E-state index is -1.77. The van der Waals surface area contributed by atoms with Crippen molar-refractivity contribution in [3.63, 3.8) is 0 Å². The lowest BCUT2D eigenvalue weighted by Gasteiger charge is -2.40. The molecule has 1 saturated heterocycles. The summed E-state index contributed by atoms with van der Waals surface area (Å²) in [6, 6.07) is 25.2. The van der Waals surface area contributed by atoms with Gasteiger partial charge in [-0.1, -0.05) is 54.6 Å². The molecule has 1 aliphatic rings. The van der Waals surface area contributed by atoms with Gasteiger partial charge in [-0.25, -0.2) is 4.79 Å². The lowest BCUT2D eigenvalue weighted by atomic mass is 9.80. The second-order valence-electron chi connectivity index (χ2n) is 16.5. The van der Waals surface area contributed by atoms with Crippen LogP contribution in [0.3, 0.4) is 0 Å². The van der Waals surface area contributed by atoms with Crippen LogP contribution >= 0.6 is 8.30 Å². The van der Waals surface area contributed by atoms with Crippen LogP contribution in [0.1, 0.15) is 76.4 Å². The Labute approximate surface area is 373 Å². The summed E-state index contributed by atoms with van der Waals surface area (Å²) in [5.74, 6) is 3.59. The topological polar surface area (TPSA) is 155 Å². The van der Waals surface area contributed by atoms with Gasteiger partial charge in [0.05, 0.1) is 34.0 Å². The number of rotatable bonds is 22. The molecule has 5 atom stereocenters. The minimum absolute atomic E-state index is 0.0502. The number of benzene rings is 3. The van der Waals surface area contributed by atoms with Crippen molar-refractivity contribution in [2.45, 2.75) is 103 Å². The number of aromatic nitrogens is 2. The Morgan fingerprint density at radius 1 is 0.905 bits per heavy atom. The third-order valence-electron chi connectivity index (χ3n) is 10.7. The molecule has 1 aromatic heterocycles. The zero-order chi connectivity index (χ0) is 45.9. The summed E-state index contributed by atoms with van der Waals surface area (Å²) < 4.78 is 54.3. The Balaban J connectivity index is 1.70. The van der Waals surface area contributed by atoms with Crippen LogP contribution in [0.15, 0.2) is 89.9 Å². The molecule has 14 nitrogen and oxygen atoms in total. The second-order valence-corrected chi connectivity index (χ2v) is 18.2. The van der Waals surface area contributed by atoms with E-state index in [1.165, 1.54) is 4.57 Å². The number of carbonyl (C=O) groups is 1. The minimum Gasteiger partial charge on any atom is -0.497 e. The monoisotopic (exact) mass is 886 g/mol. The smallest absolute Gasteiger partial charge is 0.351 e. The maximum Gasteiger partial charge on any atom is 0.351 e. The Kier molecular flexibility index (Phi) is 17.3. The van der Waals surface area contributed by atoms with Gasteiger partial charge in [0.15, 0.2) is 6.23 Å². The van der Waals surface area contributed by atoms with Crippen LogP contribution in [0.2, 0.25) is 0 Å². The van der Waals surface area contributed by atoms with E-state index in [-0.39, 0.29) is 50.3 Å². The molecule has 1 aliphatic heterocycles. The first kappa shape index (κ1) is 49.2. The predicted octanol–water partition coefficient (Wildman–Crippen LogP) is 7.25. The number of nitrogens with zero attached hydrogens (tertiary/aromatic N) is 3. The Morgan fingerprint density at radius 2 is 1.48 bits per heavy atom. The maximum atomic E-state index is 13.9.